The average Bonchev–Trinajstić information content (AvgIpc) is 1.99. The number of aliphatic hydroxyl groups excluding tert-OH is 2. The van der Waals surface area contributed by atoms with E-state index in [1.807, 2.05) is 0 Å². The van der Waals surface area contributed by atoms with E-state index in [-0.39, 0.29) is 25.7 Å². The summed E-state index contributed by atoms with van der Waals surface area (Å²) < 4.78 is 0. The fourth-order valence-electron chi connectivity index (χ4n) is 0.459. The highest BCUT2D eigenvalue weighted by Crippen LogP contribution is 1.95. The van der Waals surface area contributed by atoms with Gasteiger partial charge in [-0.25, -0.2) is 0 Å². The zero-order valence-corrected chi connectivity index (χ0v) is 5.49. The van der Waals surface area contributed by atoms with Gasteiger partial charge in [0.05, 0.1) is 12.7 Å². The van der Waals surface area contributed by atoms with E-state index in [9.17, 15) is 9.59 Å². The summed E-state index contributed by atoms with van der Waals surface area (Å²) in [6.07, 6.45) is -0.521. The molecule has 4 heteroatoms. The van der Waals surface area contributed by atoms with Crippen LogP contribution in [0.3, 0.4) is 0 Å². The van der Waals surface area contributed by atoms with Crippen LogP contribution in [0.4, 0.5) is 0 Å². The first-order valence-electron chi connectivity index (χ1n) is 2.97. The second-order valence-corrected chi connectivity index (χ2v) is 1.96. The number of ketones is 1. The van der Waals surface area contributed by atoms with Crippen molar-refractivity contribution in [1.29, 1.82) is 0 Å². The second-order valence-electron chi connectivity index (χ2n) is 1.96. The van der Waals surface area contributed by atoms with Crippen molar-refractivity contribution in [2.75, 3.05) is 6.61 Å². The molecule has 0 radical (unpaired) electrons. The van der Waals surface area contributed by atoms with Crippen molar-refractivity contribution < 1.29 is 19.8 Å². The molecule has 0 fully saturated rings. The minimum absolute atomic E-state index is 0.00519. The molecule has 10 heavy (non-hydrogen) atoms. The smallest absolute Gasteiger partial charge is 0.195 e. The van der Waals surface area contributed by atoms with Gasteiger partial charge in [0.2, 0.25) is 0 Å². The number of Topliss-reactive ketones (excluding diaryl/α,β-unsaturated/α-hetero) is 1. The maximum Gasteiger partial charge on any atom is 0.195 e. The topological polar surface area (TPSA) is 74.6 Å². The highest BCUT2D eigenvalue weighted by atomic mass is 16.3. The van der Waals surface area contributed by atoms with Crippen LogP contribution in [-0.2, 0) is 9.59 Å². The summed E-state index contributed by atoms with van der Waals surface area (Å²) in [5.41, 5.74) is 0. The third-order valence-corrected chi connectivity index (χ3v) is 1.07. The van der Waals surface area contributed by atoms with Crippen LogP contribution < -0.4 is 0 Å². The molecule has 0 saturated carbocycles. The monoisotopic (exact) mass is 146 g/mol. The number of hydrogen-bond acceptors (Lipinski definition) is 4. The van der Waals surface area contributed by atoms with Crippen LogP contribution in [-0.4, -0.2) is 35.0 Å². The quantitative estimate of drug-likeness (QED) is 0.381. The second kappa shape index (κ2) is 5.08. The molecule has 0 aliphatic carbocycles. The first kappa shape index (κ1) is 9.26. The third-order valence-electron chi connectivity index (χ3n) is 1.07. The zero-order chi connectivity index (χ0) is 7.98. The molecule has 0 rings (SSSR count). The van der Waals surface area contributed by atoms with Gasteiger partial charge in [-0.15, -0.1) is 0 Å². The number of carbonyl (C=O) groups excluding carboxylic acids is 2. The summed E-state index contributed by atoms with van der Waals surface area (Å²) in [6.45, 7) is -0.369. The van der Waals surface area contributed by atoms with Crippen molar-refractivity contribution in [1.82, 2.24) is 0 Å². The van der Waals surface area contributed by atoms with E-state index in [2.05, 4.69) is 0 Å². The van der Waals surface area contributed by atoms with Gasteiger partial charge in [0.15, 0.2) is 12.1 Å². The van der Waals surface area contributed by atoms with Crippen LogP contribution in [0, 0.1) is 0 Å². The van der Waals surface area contributed by atoms with E-state index in [0.717, 1.165) is 0 Å². The Kier molecular flexibility index (Phi) is 4.70. The predicted molar refractivity (Wildman–Crippen MR) is 33.4 cm³/mol. The number of rotatable bonds is 5. The Morgan fingerprint density at radius 2 is 2.20 bits per heavy atom. The summed E-state index contributed by atoms with van der Waals surface area (Å²) in [5, 5.41) is 17.0. The van der Waals surface area contributed by atoms with Gasteiger partial charge in [0, 0.05) is 6.42 Å². The van der Waals surface area contributed by atoms with E-state index >= 15 is 0 Å². The Morgan fingerprint density at radius 3 is 2.60 bits per heavy atom. The molecule has 0 aliphatic heterocycles. The number of hydrogen-bond donors (Lipinski definition) is 2. The molecule has 0 saturated heterocycles. The highest BCUT2D eigenvalue weighted by Gasteiger charge is 2.04. The largest absolute Gasteiger partial charge is 0.394 e. The molecule has 0 heterocycles. The fraction of sp³-hybridized carbons (Fsp3) is 0.667. The molecule has 58 valence electrons. The van der Waals surface area contributed by atoms with Gasteiger partial charge >= 0.3 is 0 Å². The van der Waals surface area contributed by atoms with Gasteiger partial charge in [-0.05, 0) is 6.42 Å². The van der Waals surface area contributed by atoms with Gasteiger partial charge in [0.1, 0.15) is 0 Å². The van der Waals surface area contributed by atoms with Crippen molar-refractivity contribution >= 4 is 12.1 Å². The summed E-state index contributed by atoms with van der Waals surface area (Å²) in [6, 6.07) is 0. The molecule has 2 N–H and O–H groups in total. The molecule has 0 bridgehead atoms. The molecule has 0 unspecified atom stereocenters. The SMILES string of the molecule is O=CC(=O)CC[C@@H](O)CO. The van der Waals surface area contributed by atoms with Crippen LogP contribution in [0.25, 0.3) is 0 Å². The molecule has 4 nitrogen and oxygen atoms in total. The predicted octanol–water partition coefficient (Wildman–Crippen LogP) is -1.11. The summed E-state index contributed by atoms with van der Waals surface area (Å²) in [5.74, 6) is -0.549. The van der Waals surface area contributed by atoms with Crippen molar-refractivity contribution in [3.8, 4) is 0 Å². The normalized spacial score (nSPS) is 12.6. The molecule has 0 aromatic rings. The Balaban J connectivity index is 3.34. The van der Waals surface area contributed by atoms with Crippen LogP contribution in [0.15, 0.2) is 0 Å². The van der Waals surface area contributed by atoms with Crippen molar-refractivity contribution in [3.63, 3.8) is 0 Å². The maximum atomic E-state index is 10.3. The van der Waals surface area contributed by atoms with Gasteiger partial charge < -0.3 is 10.2 Å². The lowest BCUT2D eigenvalue weighted by molar-refractivity contribution is -0.130. The molecule has 0 aromatic heterocycles. The zero-order valence-electron chi connectivity index (χ0n) is 5.49. The van der Waals surface area contributed by atoms with Gasteiger partial charge in [-0.2, -0.15) is 0 Å². The van der Waals surface area contributed by atoms with Gasteiger partial charge in [-0.3, -0.25) is 9.59 Å². The van der Waals surface area contributed by atoms with E-state index in [1.54, 1.807) is 0 Å². The molecule has 0 aliphatic rings. The first-order chi connectivity index (χ1) is 4.70. The van der Waals surface area contributed by atoms with E-state index in [1.165, 1.54) is 0 Å². The number of carbonyl (C=O) groups is 2. The fourth-order valence-corrected chi connectivity index (χ4v) is 0.459. The third kappa shape index (κ3) is 4.17. The molecular formula is C6H10O4. The van der Waals surface area contributed by atoms with Gasteiger partial charge in [-0.1, -0.05) is 0 Å². The lowest BCUT2D eigenvalue weighted by atomic mass is 10.1. The average molecular weight is 146 g/mol. The highest BCUT2D eigenvalue weighted by molar-refractivity contribution is 6.24. The lowest BCUT2D eigenvalue weighted by Gasteiger charge is -2.02. The Hall–Kier alpha value is -0.740. The molecular weight excluding hydrogens is 136 g/mol. The summed E-state index contributed by atoms with van der Waals surface area (Å²) in [7, 11) is 0. The summed E-state index contributed by atoms with van der Waals surface area (Å²) >= 11 is 0. The van der Waals surface area contributed by atoms with Crippen LogP contribution in [0.2, 0.25) is 0 Å². The van der Waals surface area contributed by atoms with Crippen molar-refractivity contribution in [3.05, 3.63) is 0 Å². The molecule has 1 atom stereocenters. The molecule has 0 amide bonds. The van der Waals surface area contributed by atoms with Crippen LogP contribution in [0.1, 0.15) is 12.8 Å². The van der Waals surface area contributed by atoms with E-state index < -0.39 is 11.9 Å². The van der Waals surface area contributed by atoms with Crippen LogP contribution >= 0.6 is 0 Å². The molecule has 0 spiro atoms. The van der Waals surface area contributed by atoms with Gasteiger partial charge in [0.25, 0.3) is 0 Å². The Morgan fingerprint density at radius 1 is 1.60 bits per heavy atom. The summed E-state index contributed by atoms with van der Waals surface area (Å²) in [4.78, 5) is 20.0. The Labute approximate surface area is 58.5 Å². The number of aldehydes is 1. The van der Waals surface area contributed by atoms with Crippen LogP contribution in [0.5, 0.6) is 0 Å². The van der Waals surface area contributed by atoms with Crippen molar-refractivity contribution in [2.45, 2.75) is 18.9 Å². The lowest BCUT2D eigenvalue weighted by Crippen LogP contribution is -2.14. The maximum absolute atomic E-state index is 10.3. The standard InChI is InChI=1S/C6H10O4/c7-3-5(9)1-2-6(10)4-8/h3,6,8,10H,1-2,4H2/t6-/m1/s1. The minimum atomic E-state index is -0.885. The van der Waals surface area contributed by atoms with E-state index in [4.69, 9.17) is 10.2 Å². The minimum Gasteiger partial charge on any atom is -0.394 e. The Bertz CT molecular complexity index is 121. The van der Waals surface area contributed by atoms with E-state index in [0.29, 0.717) is 0 Å². The molecule has 0 aromatic carbocycles. The first-order valence-corrected chi connectivity index (χ1v) is 2.97. The van der Waals surface area contributed by atoms with Crippen molar-refractivity contribution in [2.24, 2.45) is 0 Å². The number of aliphatic hydroxyl groups is 2.